The SMILES string of the molecule is COC[C@H]1CCCCN1C(=O)c1c(C)nn(C)c1C. The molecule has 2 rings (SSSR count). The van der Waals surface area contributed by atoms with Gasteiger partial charge in [-0.25, -0.2) is 0 Å². The molecule has 0 saturated carbocycles. The third-order valence-electron chi connectivity index (χ3n) is 3.97. The topological polar surface area (TPSA) is 47.4 Å². The van der Waals surface area contributed by atoms with Crippen LogP contribution in [-0.4, -0.2) is 46.9 Å². The van der Waals surface area contributed by atoms with Crippen LogP contribution in [0, 0.1) is 13.8 Å². The van der Waals surface area contributed by atoms with Gasteiger partial charge in [-0.3, -0.25) is 9.48 Å². The van der Waals surface area contributed by atoms with Crippen molar-refractivity contribution in [3.8, 4) is 0 Å². The van der Waals surface area contributed by atoms with Crippen molar-refractivity contribution in [2.45, 2.75) is 39.2 Å². The van der Waals surface area contributed by atoms with E-state index in [1.54, 1.807) is 11.8 Å². The number of hydrogen-bond donors (Lipinski definition) is 0. The van der Waals surface area contributed by atoms with E-state index in [0.29, 0.717) is 6.61 Å². The molecule has 106 valence electrons. The van der Waals surface area contributed by atoms with Crippen molar-refractivity contribution in [1.82, 2.24) is 14.7 Å². The summed E-state index contributed by atoms with van der Waals surface area (Å²) in [5, 5.41) is 4.34. The van der Waals surface area contributed by atoms with Crippen molar-refractivity contribution in [3.63, 3.8) is 0 Å². The standard InChI is InChI=1S/C14H23N3O2/c1-10-13(11(2)16(3)15-10)14(18)17-8-6-5-7-12(17)9-19-4/h12H,5-9H2,1-4H3/t12-/m1/s1. The van der Waals surface area contributed by atoms with E-state index in [2.05, 4.69) is 5.10 Å². The lowest BCUT2D eigenvalue weighted by molar-refractivity contribution is 0.0427. The maximum Gasteiger partial charge on any atom is 0.257 e. The summed E-state index contributed by atoms with van der Waals surface area (Å²) in [7, 11) is 3.57. The van der Waals surface area contributed by atoms with Gasteiger partial charge in [-0.1, -0.05) is 0 Å². The van der Waals surface area contributed by atoms with Crippen LogP contribution in [0.1, 0.15) is 41.0 Å². The first-order chi connectivity index (χ1) is 9.06. The Bertz CT molecular complexity index is 466. The largest absolute Gasteiger partial charge is 0.383 e. The van der Waals surface area contributed by atoms with Gasteiger partial charge in [0.05, 0.1) is 23.9 Å². The van der Waals surface area contributed by atoms with Crippen LogP contribution < -0.4 is 0 Å². The van der Waals surface area contributed by atoms with Crippen molar-refractivity contribution < 1.29 is 9.53 Å². The fraction of sp³-hybridized carbons (Fsp3) is 0.714. The number of methoxy groups -OCH3 is 1. The predicted octanol–water partition coefficient (Wildman–Crippen LogP) is 1.68. The van der Waals surface area contributed by atoms with Gasteiger partial charge in [-0.2, -0.15) is 5.10 Å². The zero-order valence-electron chi connectivity index (χ0n) is 12.3. The fourth-order valence-electron chi connectivity index (χ4n) is 2.86. The summed E-state index contributed by atoms with van der Waals surface area (Å²) in [6.45, 7) is 5.28. The van der Waals surface area contributed by atoms with E-state index in [1.807, 2.05) is 25.8 Å². The molecule has 19 heavy (non-hydrogen) atoms. The van der Waals surface area contributed by atoms with Gasteiger partial charge in [-0.15, -0.1) is 0 Å². The first-order valence-electron chi connectivity index (χ1n) is 6.86. The Morgan fingerprint density at radius 1 is 1.42 bits per heavy atom. The van der Waals surface area contributed by atoms with Crippen LogP contribution in [0.4, 0.5) is 0 Å². The summed E-state index contributed by atoms with van der Waals surface area (Å²) in [6, 6.07) is 0.199. The molecular weight excluding hydrogens is 242 g/mol. The van der Waals surface area contributed by atoms with Gasteiger partial charge in [0.25, 0.3) is 5.91 Å². The monoisotopic (exact) mass is 265 g/mol. The number of carbonyl (C=O) groups is 1. The molecule has 1 aromatic heterocycles. The number of amides is 1. The van der Waals surface area contributed by atoms with Gasteiger partial charge in [-0.05, 0) is 33.1 Å². The average Bonchev–Trinajstić information content (AvgIpc) is 2.64. The van der Waals surface area contributed by atoms with E-state index in [4.69, 9.17) is 4.74 Å². The number of nitrogens with zero attached hydrogens (tertiary/aromatic N) is 3. The zero-order chi connectivity index (χ0) is 14.0. The summed E-state index contributed by atoms with van der Waals surface area (Å²) in [4.78, 5) is 14.7. The molecule has 1 amide bonds. The van der Waals surface area contributed by atoms with Crippen molar-refractivity contribution in [1.29, 1.82) is 0 Å². The molecule has 5 heteroatoms. The molecule has 1 fully saturated rings. The number of likely N-dealkylation sites (tertiary alicyclic amines) is 1. The van der Waals surface area contributed by atoms with Crippen LogP contribution in [0.25, 0.3) is 0 Å². The second-order valence-electron chi connectivity index (χ2n) is 5.27. The van der Waals surface area contributed by atoms with Gasteiger partial charge >= 0.3 is 0 Å². The number of aryl methyl sites for hydroxylation is 2. The summed E-state index contributed by atoms with van der Waals surface area (Å²) in [5.41, 5.74) is 2.50. The first kappa shape index (κ1) is 14.1. The molecule has 0 radical (unpaired) electrons. The smallest absolute Gasteiger partial charge is 0.257 e. The van der Waals surface area contributed by atoms with Crippen LogP contribution in [0.15, 0.2) is 0 Å². The van der Waals surface area contributed by atoms with Crippen molar-refractivity contribution in [2.24, 2.45) is 7.05 Å². The zero-order valence-corrected chi connectivity index (χ0v) is 12.3. The Morgan fingerprint density at radius 2 is 2.16 bits per heavy atom. The number of piperidine rings is 1. The number of ether oxygens (including phenoxy) is 1. The maximum absolute atomic E-state index is 12.8. The number of hydrogen-bond acceptors (Lipinski definition) is 3. The second kappa shape index (κ2) is 5.74. The van der Waals surface area contributed by atoms with E-state index < -0.39 is 0 Å². The molecule has 0 aliphatic carbocycles. The van der Waals surface area contributed by atoms with E-state index in [-0.39, 0.29) is 11.9 Å². The van der Waals surface area contributed by atoms with E-state index in [1.165, 1.54) is 6.42 Å². The minimum atomic E-state index is 0.102. The predicted molar refractivity (Wildman–Crippen MR) is 73.2 cm³/mol. The number of carbonyl (C=O) groups excluding carboxylic acids is 1. The molecule has 2 heterocycles. The Kier molecular flexibility index (Phi) is 4.24. The Balaban J connectivity index is 2.26. The molecule has 0 aromatic carbocycles. The lowest BCUT2D eigenvalue weighted by Gasteiger charge is -2.35. The van der Waals surface area contributed by atoms with Crippen LogP contribution in [0.3, 0.4) is 0 Å². The highest BCUT2D eigenvalue weighted by molar-refractivity contribution is 5.96. The summed E-state index contributed by atoms with van der Waals surface area (Å²) in [5.74, 6) is 0.102. The van der Waals surface area contributed by atoms with Crippen LogP contribution in [0.5, 0.6) is 0 Å². The first-order valence-corrected chi connectivity index (χ1v) is 6.86. The van der Waals surface area contributed by atoms with Crippen LogP contribution in [-0.2, 0) is 11.8 Å². The van der Waals surface area contributed by atoms with E-state index >= 15 is 0 Å². The van der Waals surface area contributed by atoms with Crippen LogP contribution >= 0.6 is 0 Å². The minimum Gasteiger partial charge on any atom is -0.383 e. The third-order valence-corrected chi connectivity index (χ3v) is 3.97. The van der Waals surface area contributed by atoms with Gasteiger partial charge in [0.15, 0.2) is 0 Å². The minimum absolute atomic E-state index is 0.102. The van der Waals surface area contributed by atoms with E-state index in [0.717, 1.165) is 36.3 Å². The molecule has 0 spiro atoms. The summed E-state index contributed by atoms with van der Waals surface area (Å²) < 4.78 is 7.02. The summed E-state index contributed by atoms with van der Waals surface area (Å²) in [6.07, 6.45) is 3.27. The molecule has 0 bridgehead atoms. The average molecular weight is 265 g/mol. The Morgan fingerprint density at radius 3 is 2.74 bits per heavy atom. The fourth-order valence-corrected chi connectivity index (χ4v) is 2.86. The molecular formula is C14H23N3O2. The molecule has 5 nitrogen and oxygen atoms in total. The van der Waals surface area contributed by atoms with Crippen molar-refractivity contribution >= 4 is 5.91 Å². The quantitative estimate of drug-likeness (QED) is 0.835. The van der Waals surface area contributed by atoms with Gasteiger partial charge in [0.2, 0.25) is 0 Å². The molecule has 1 saturated heterocycles. The lowest BCUT2D eigenvalue weighted by atomic mass is 10.0. The maximum atomic E-state index is 12.8. The molecule has 0 unspecified atom stereocenters. The highest BCUT2D eigenvalue weighted by Gasteiger charge is 2.30. The highest BCUT2D eigenvalue weighted by Crippen LogP contribution is 2.22. The van der Waals surface area contributed by atoms with Crippen molar-refractivity contribution in [2.75, 3.05) is 20.3 Å². The molecule has 1 aromatic rings. The lowest BCUT2D eigenvalue weighted by Crippen LogP contribution is -2.46. The molecule has 1 aliphatic rings. The summed E-state index contributed by atoms with van der Waals surface area (Å²) >= 11 is 0. The van der Waals surface area contributed by atoms with E-state index in [9.17, 15) is 4.79 Å². The molecule has 1 aliphatic heterocycles. The van der Waals surface area contributed by atoms with Gasteiger partial charge in [0.1, 0.15) is 0 Å². The van der Waals surface area contributed by atoms with Crippen LogP contribution in [0.2, 0.25) is 0 Å². The van der Waals surface area contributed by atoms with Gasteiger partial charge < -0.3 is 9.64 Å². The van der Waals surface area contributed by atoms with Gasteiger partial charge in [0, 0.05) is 26.4 Å². The molecule has 1 atom stereocenters. The number of rotatable bonds is 3. The Labute approximate surface area is 114 Å². The number of aromatic nitrogens is 2. The normalized spacial score (nSPS) is 19.8. The Hall–Kier alpha value is -1.36. The highest BCUT2D eigenvalue weighted by atomic mass is 16.5. The second-order valence-corrected chi connectivity index (χ2v) is 5.27. The molecule has 0 N–H and O–H groups in total. The third kappa shape index (κ3) is 2.66. The van der Waals surface area contributed by atoms with Crippen molar-refractivity contribution in [3.05, 3.63) is 17.0 Å².